The highest BCUT2D eigenvalue weighted by atomic mass is 16.5. The van der Waals surface area contributed by atoms with Crippen molar-refractivity contribution in [1.29, 1.82) is 0 Å². The van der Waals surface area contributed by atoms with E-state index >= 15 is 0 Å². The molecule has 0 aliphatic heterocycles. The van der Waals surface area contributed by atoms with Crippen molar-refractivity contribution in [2.75, 3.05) is 19.5 Å². The Bertz CT molecular complexity index is 430. The number of primary amides is 1. The van der Waals surface area contributed by atoms with E-state index in [1.165, 1.54) is 6.07 Å². The predicted octanol–water partition coefficient (Wildman–Crippen LogP) is 1.56. The topological polar surface area (TPSA) is 87.6 Å². The minimum atomic E-state index is -0.506. The second-order valence-corrected chi connectivity index (χ2v) is 4.68. The molecule has 18 heavy (non-hydrogen) atoms. The summed E-state index contributed by atoms with van der Waals surface area (Å²) in [6.45, 7) is 4.45. The third kappa shape index (κ3) is 3.92. The van der Waals surface area contributed by atoms with Gasteiger partial charge in [0.1, 0.15) is 5.75 Å². The van der Waals surface area contributed by atoms with Gasteiger partial charge in [-0.1, -0.05) is 0 Å². The highest BCUT2D eigenvalue weighted by molar-refractivity contribution is 5.94. The normalized spacial score (nSPS) is 11.3. The van der Waals surface area contributed by atoms with Crippen molar-refractivity contribution in [2.45, 2.75) is 25.9 Å². The number of amides is 1. The largest absolute Gasteiger partial charge is 0.491 e. The molecule has 0 saturated carbocycles. The summed E-state index contributed by atoms with van der Waals surface area (Å²) in [5.41, 5.74) is 11.5. The number of methoxy groups -OCH3 is 1. The van der Waals surface area contributed by atoms with Crippen molar-refractivity contribution in [3.63, 3.8) is 0 Å². The van der Waals surface area contributed by atoms with Crippen LogP contribution in [0.5, 0.6) is 5.75 Å². The Balaban J connectivity index is 2.61. The zero-order valence-electron chi connectivity index (χ0n) is 11.0. The van der Waals surface area contributed by atoms with E-state index < -0.39 is 5.91 Å². The van der Waals surface area contributed by atoms with Crippen molar-refractivity contribution >= 4 is 11.6 Å². The molecule has 4 N–H and O–H groups in total. The van der Waals surface area contributed by atoms with Crippen LogP contribution in [-0.2, 0) is 4.74 Å². The Kier molecular flexibility index (Phi) is 4.55. The number of nitrogen functional groups attached to an aromatic ring is 1. The van der Waals surface area contributed by atoms with Gasteiger partial charge in [-0.2, -0.15) is 0 Å². The van der Waals surface area contributed by atoms with Crippen LogP contribution in [0.25, 0.3) is 0 Å². The first-order valence-corrected chi connectivity index (χ1v) is 5.73. The number of nitrogens with two attached hydrogens (primary N) is 2. The van der Waals surface area contributed by atoms with Gasteiger partial charge in [-0.25, -0.2) is 0 Å². The fourth-order valence-corrected chi connectivity index (χ4v) is 1.34. The summed E-state index contributed by atoms with van der Waals surface area (Å²) in [7, 11) is 1.66. The summed E-state index contributed by atoms with van der Waals surface area (Å²) < 4.78 is 10.8. The first-order valence-electron chi connectivity index (χ1n) is 5.73. The molecular formula is C13H20N2O3. The molecule has 1 amide bonds. The molecule has 1 aromatic rings. The average Bonchev–Trinajstić information content (AvgIpc) is 2.31. The van der Waals surface area contributed by atoms with Crippen LogP contribution >= 0.6 is 0 Å². The quantitative estimate of drug-likeness (QED) is 0.752. The van der Waals surface area contributed by atoms with Gasteiger partial charge in [0.25, 0.3) is 0 Å². The zero-order chi connectivity index (χ0) is 13.8. The Morgan fingerprint density at radius 2 is 2.06 bits per heavy atom. The fourth-order valence-electron chi connectivity index (χ4n) is 1.34. The van der Waals surface area contributed by atoms with E-state index in [2.05, 4.69) is 0 Å². The molecule has 0 heterocycles. The molecule has 0 aromatic heterocycles. The molecule has 100 valence electrons. The summed E-state index contributed by atoms with van der Waals surface area (Å²) in [6.07, 6.45) is 0.737. The molecule has 0 aliphatic carbocycles. The lowest BCUT2D eigenvalue weighted by atomic mass is 10.1. The van der Waals surface area contributed by atoms with Crippen molar-refractivity contribution < 1.29 is 14.3 Å². The number of benzene rings is 1. The summed E-state index contributed by atoms with van der Waals surface area (Å²) >= 11 is 0. The number of anilines is 1. The molecular weight excluding hydrogens is 232 g/mol. The van der Waals surface area contributed by atoms with E-state index in [-0.39, 0.29) is 5.60 Å². The molecule has 0 spiro atoms. The van der Waals surface area contributed by atoms with Crippen LogP contribution in [0.3, 0.4) is 0 Å². The lowest BCUT2D eigenvalue weighted by Crippen LogP contribution is -2.25. The fraction of sp³-hybridized carbons (Fsp3) is 0.462. The Morgan fingerprint density at radius 3 is 2.56 bits per heavy atom. The molecule has 0 bridgehead atoms. The Morgan fingerprint density at radius 1 is 1.39 bits per heavy atom. The summed E-state index contributed by atoms with van der Waals surface area (Å²) in [6, 6.07) is 4.75. The van der Waals surface area contributed by atoms with Crippen LogP contribution in [0, 0.1) is 0 Å². The Labute approximate surface area is 107 Å². The highest BCUT2D eigenvalue weighted by Gasteiger charge is 2.16. The smallest absolute Gasteiger partial charge is 0.248 e. The van der Waals surface area contributed by atoms with Gasteiger partial charge >= 0.3 is 0 Å². The van der Waals surface area contributed by atoms with E-state index in [1.807, 2.05) is 13.8 Å². The number of carbonyl (C=O) groups is 1. The van der Waals surface area contributed by atoms with E-state index in [4.69, 9.17) is 20.9 Å². The van der Waals surface area contributed by atoms with Crippen LogP contribution in [0.1, 0.15) is 30.6 Å². The lowest BCUT2D eigenvalue weighted by molar-refractivity contribution is 0.00551. The van der Waals surface area contributed by atoms with Crippen molar-refractivity contribution in [1.82, 2.24) is 0 Å². The second-order valence-electron chi connectivity index (χ2n) is 4.68. The van der Waals surface area contributed by atoms with Crippen molar-refractivity contribution in [2.24, 2.45) is 5.73 Å². The van der Waals surface area contributed by atoms with Crippen molar-refractivity contribution in [3.8, 4) is 5.75 Å². The molecule has 5 nitrogen and oxygen atoms in total. The number of carbonyl (C=O) groups excluding carboxylic acids is 1. The first-order chi connectivity index (χ1) is 8.35. The van der Waals surface area contributed by atoms with Crippen LogP contribution in [0.15, 0.2) is 18.2 Å². The van der Waals surface area contributed by atoms with Gasteiger partial charge in [0.2, 0.25) is 5.91 Å². The van der Waals surface area contributed by atoms with Crippen LogP contribution in [0.2, 0.25) is 0 Å². The van der Waals surface area contributed by atoms with E-state index in [1.54, 1.807) is 19.2 Å². The standard InChI is InChI=1S/C13H20N2O3/c1-13(2,17-3)6-7-18-11-5-4-9(12(15)16)8-10(11)14/h4-5,8H,6-7,14H2,1-3H3,(H2,15,16). The molecule has 0 fully saturated rings. The maximum Gasteiger partial charge on any atom is 0.248 e. The highest BCUT2D eigenvalue weighted by Crippen LogP contribution is 2.23. The van der Waals surface area contributed by atoms with Gasteiger partial charge < -0.3 is 20.9 Å². The van der Waals surface area contributed by atoms with Crippen molar-refractivity contribution in [3.05, 3.63) is 23.8 Å². The molecule has 0 aliphatic rings. The van der Waals surface area contributed by atoms with Gasteiger partial charge in [-0.05, 0) is 32.0 Å². The summed E-state index contributed by atoms with van der Waals surface area (Å²) in [4.78, 5) is 11.0. The maximum atomic E-state index is 11.0. The average molecular weight is 252 g/mol. The zero-order valence-corrected chi connectivity index (χ0v) is 11.0. The molecule has 0 unspecified atom stereocenters. The molecule has 0 saturated heterocycles. The molecule has 1 rings (SSSR count). The van der Waals surface area contributed by atoms with Gasteiger partial charge in [-0.15, -0.1) is 0 Å². The minimum absolute atomic E-state index is 0.234. The summed E-state index contributed by atoms with van der Waals surface area (Å²) in [5, 5.41) is 0. The van der Waals surface area contributed by atoms with Crippen LogP contribution < -0.4 is 16.2 Å². The Hall–Kier alpha value is -1.75. The molecule has 1 aromatic carbocycles. The van der Waals surface area contributed by atoms with E-state index in [9.17, 15) is 4.79 Å². The first kappa shape index (κ1) is 14.3. The van der Waals surface area contributed by atoms with Gasteiger partial charge in [0, 0.05) is 19.1 Å². The van der Waals surface area contributed by atoms with E-state index in [0.29, 0.717) is 23.6 Å². The van der Waals surface area contributed by atoms with Gasteiger partial charge in [0.15, 0.2) is 0 Å². The monoisotopic (exact) mass is 252 g/mol. The molecule has 0 radical (unpaired) electrons. The number of hydrogen-bond donors (Lipinski definition) is 2. The lowest BCUT2D eigenvalue weighted by Gasteiger charge is -2.22. The van der Waals surface area contributed by atoms with E-state index in [0.717, 1.165) is 6.42 Å². The summed E-state index contributed by atoms with van der Waals surface area (Å²) in [5.74, 6) is 0.0423. The molecule has 5 heteroatoms. The van der Waals surface area contributed by atoms with Gasteiger partial charge in [-0.3, -0.25) is 4.79 Å². The number of ether oxygens (including phenoxy) is 2. The molecule has 0 atom stereocenters. The van der Waals surface area contributed by atoms with Crippen LogP contribution in [0.4, 0.5) is 5.69 Å². The predicted molar refractivity (Wildman–Crippen MR) is 70.6 cm³/mol. The third-order valence-electron chi connectivity index (χ3n) is 2.81. The second kappa shape index (κ2) is 5.73. The minimum Gasteiger partial charge on any atom is -0.491 e. The van der Waals surface area contributed by atoms with Gasteiger partial charge in [0.05, 0.1) is 17.9 Å². The number of rotatable bonds is 6. The third-order valence-corrected chi connectivity index (χ3v) is 2.81. The van der Waals surface area contributed by atoms with Crippen LogP contribution in [-0.4, -0.2) is 25.2 Å². The number of hydrogen-bond acceptors (Lipinski definition) is 4. The SMILES string of the molecule is COC(C)(C)CCOc1ccc(C(N)=O)cc1N. The maximum absolute atomic E-state index is 11.0.